The Balaban J connectivity index is 3.88. The van der Waals surface area contributed by atoms with Gasteiger partial charge in [-0.3, -0.25) is 0 Å². The highest BCUT2D eigenvalue weighted by atomic mass is 16.8. The van der Waals surface area contributed by atoms with Crippen molar-refractivity contribution in [3.8, 4) is 0 Å². The van der Waals surface area contributed by atoms with E-state index in [-0.39, 0.29) is 10.9 Å². The molecule has 0 saturated carbocycles. The average molecular weight is 133 g/mol. The monoisotopic (exact) mass is 133 g/mol. The van der Waals surface area contributed by atoms with Gasteiger partial charge in [0.15, 0.2) is 0 Å². The van der Waals surface area contributed by atoms with Crippen LogP contribution in [0.3, 0.4) is 0 Å². The Kier molecular flexibility index (Phi) is 2.57. The smallest absolute Gasteiger partial charge is 0.0281 e. The SMILES string of the molecule is CN(N([O-])O)C(C)(C)C. The largest absolute Gasteiger partial charge is 0.748 e. The van der Waals surface area contributed by atoms with E-state index in [9.17, 15) is 5.21 Å². The molecule has 56 valence electrons. The van der Waals surface area contributed by atoms with E-state index < -0.39 is 0 Å². The number of nitrogens with zero attached hydrogens (tertiary/aromatic N) is 2. The summed E-state index contributed by atoms with van der Waals surface area (Å²) in [7, 11) is 1.52. The predicted octanol–water partition coefficient (Wildman–Crippen LogP) is 0.821. The van der Waals surface area contributed by atoms with Gasteiger partial charge in [-0.1, -0.05) is 0 Å². The van der Waals surface area contributed by atoms with Crippen molar-refractivity contribution >= 4 is 0 Å². The molecule has 0 saturated heterocycles. The molecule has 4 nitrogen and oxygen atoms in total. The minimum absolute atomic E-state index is 0.167. The van der Waals surface area contributed by atoms with Gasteiger partial charge in [0.2, 0.25) is 0 Å². The Labute approximate surface area is 55.2 Å². The normalized spacial score (nSPS) is 13.3. The maximum atomic E-state index is 10.2. The molecule has 0 aromatic rings. The van der Waals surface area contributed by atoms with Crippen LogP contribution in [0.15, 0.2) is 0 Å². The van der Waals surface area contributed by atoms with Gasteiger partial charge in [-0.25, -0.2) is 5.01 Å². The Hall–Kier alpha value is -0.160. The highest BCUT2D eigenvalue weighted by Crippen LogP contribution is 2.10. The van der Waals surface area contributed by atoms with Crippen LogP contribution >= 0.6 is 0 Å². The van der Waals surface area contributed by atoms with E-state index in [0.29, 0.717) is 0 Å². The quantitative estimate of drug-likeness (QED) is 0.538. The zero-order valence-corrected chi connectivity index (χ0v) is 6.25. The van der Waals surface area contributed by atoms with E-state index in [1.165, 1.54) is 12.1 Å². The highest BCUT2D eigenvalue weighted by molar-refractivity contribution is 4.68. The summed E-state index contributed by atoms with van der Waals surface area (Å²) >= 11 is 0. The molecule has 1 N–H and O–H groups in total. The van der Waals surface area contributed by atoms with Crippen LogP contribution in [-0.2, 0) is 0 Å². The van der Waals surface area contributed by atoms with E-state index in [4.69, 9.17) is 5.21 Å². The molecule has 0 heterocycles. The summed E-state index contributed by atoms with van der Waals surface area (Å²) < 4.78 is 0. The molecular formula is C5H13N2O2-. The lowest BCUT2D eigenvalue weighted by molar-refractivity contribution is -0.227. The predicted molar refractivity (Wildman–Crippen MR) is 34.5 cm³/mol. The molecule has 4 heteroatoms. The Bertz CT molecular complexity index is 87.4. The molecule has 0 aliphatic carbocycles. The van der Waals surface area contributed by atoms with Crippen molar-refractivity contribution in [2.24, 2.45) is 0 Å². The highest BCUT2D eigenvalue weighted by Gasteiger charge is 2.16. The maximum Gasteiger partial charge on any atom is 0.0281 e. The molecule has 0 aliphatic heterocycles. The molecule has 0 aromatic heterocycles. The fourth-order valence-electron chi connectivity index (χ4n) is 0.257. The molecular weight excluding hydrogens is 120 g/mol. The summed E-state index contributed by atoms with van der Waals surface area (Å²) in [5.41, 5.74) is -0.323. The van der Waals surface area contributed by atoms with Crippen molar-refractivity contribution in [2.45, 2.75) is 26.3 Å². The fourth-order valence-corrected chi connectivity index (χ4v) is 0.257. The van der Waals surface area contributed by atoms with Crippen LogP contribution in [0.5, 0.6) is 0 Å². The standard InChI is InChI=1S/C5H13N2O2/c1-5(2,3)6(4)7(8)9/h8H,1-4H3/q-1. The van der Waals surface area contributed by atoms with E-state index >= 15 is 0 Å². The molecule has 0 atom stereocenters. The zero-order chi connectivity index (χ0) is 7.65. The van der Waals surface area contributed by atoms with Crippen LogP contribution in [0.4, 0.5) is 0 Å². The third-order valence-corrected chi connectivity index (χ3v) is 1.23. The number of hydrazine groups is 1. The topological polar surface area (TPSA) is 49.8 Å². The molecule has 0 aromatic carbocycles. The average Bonchev–Trinajstić information content (AvgIpc) is 1.62. The van der Waals surface area contributed by atoms with Crippen LogP contribution in [0.2, 0.25) is 0 Å². The van der Waals surface area contributed by atoms with Gasteiger partial charge in [0.25, 0.3) is 0 Å². The first kappa shape index (κ1) is 8.84. The van der Waals surface area contributed by atoms with Crippen molar-refractivity contribution < 1.29 is 5.21 Å². The fraction of sp³-hybridized carbons (Fsp3) is 1.00. The molecule has 0 rings (SSSR count). The Morgan fingerprint density at radius 1 is 1.33 bits per heavy atom. The van der Waals surface area contributed by atoms with Gasteiger partial charge in [-0.05, 0) is 20.8 Å². The van der Waals surface area contributed by atoms with Crippen molar-refractivity contribution in [1.82, 2.24) is 10.3 Å². The second kappa shape index (κ2) is 2.62. The van der Waals surface area contributed by atoms with Crippen molar-refractivity contribution in [1.29, 1.82) is 0 Å². The number of hydrogen-bond donors (Lipinski definition) is 1. The number of hydrogen-bond acceptors (Lipinski definition) is 4. The van der Waals surface area contributed by atoms with Gasteiger partial charge in [0, 0.05) is 12.6 Å². The summed E-state index contributed by atoms with van der Waals surface area (Å²) in [6.45, 7) is 5.48. The first-order valence-electron chi connectivity index (χ1n) is 2.75. The zero-order valence-electron chi connectivity index (χ0n) is 6.25. The third kappa shape index (κ3) is 2.76. The van der Waals surface area contributed by atoms with Crippen molar-refractivity contribution in [3.05, 3.63) is 5.21 Å². The summed E-state index contributed by atoms with van der Waals surface area (Å²) in [4.78, 5) is 0. The second-order valence-corrected chi connectivity index (χ2v) is 2.95. The molecule has 0 spiro atoms. The third-order valence-electron chi connectivity index (χ3n) is 1.23. The van der Waals surface area contributed by atoms with Crippen LogP contribution in [0.25, 0.3) is 0 Å². The lowest BCUT2D eigenvalue weighted by Crippen LogP contribution is -2.46. The second-order valence-electron chi connectivity index (χ2n) is 2.95. The summed E-state index contributed by atoms with van der Waals surface area (Å²) in [6.07, 6.45) is 0. The van der Waals surface area contributed by atoms with E-state index in [2.05, 4.69) is 0 Å². The van der Waals surface area contributed by atoms with Crippen molar-refractivity contribution in [3.63, 3.8) is 0 Å². The van der Waals surface area contributed by atoms with Crippen LogP contribution in [0, 0.1) is 5.21 Å². The minimum Gasteiger partial charge on any atom is -0.748 e. The van der Waals surface area contributed by atoms with E-state index in [0.717, 1.165) is 0 Å². The van der Waals surface area contributed by atoms with Crippen LogP contribution in [0.1, 0.15) is 20.8 Å². The molecule has 0 radical (unpaired) electrons. The summed E-state index contributed by atoms with van der Waals surface area (Å²) in [5.74, 6) is 0. The molecule has 9 heavy (non-hydrogen) atoms. The van der Waals surface area contributed by atoms with Crippen LogP contribution in [-0.4, -0.2) is 28.1 Å². The van der Waals surface area contributed by atoms with Gasteiger partial charge in [0.05, 0.1) is 0 Å². The molecule has 0 amide bonds. The molecule has 0 fully saturated rings. The van der Waals surface area contributed by atoms with Gasteiger partial charge in [-0.15, -0.1) is 0 Å². The lowest BCUT2D eigenvalue weighted by Gasteiger charge is -2.40. The Morgan fingerprint density at radius 2 is 1.67 bits per heavy atom. The van der Waals surface area contributed by atoms with Gasteiger partial charge < -0.3 is 10.4 Å². The minimum atomic E-state index is -0.323. The molecule has 0 aliphatic rings. The molecule has 0 unspecified atom stereocenters. The molecule has 0 bridgehead atoms. The maximum absolute atomic E-state index is 10.2. The number of rotatable bonds is 1. The Morgan fingerprint density at radius 3 is 1.67 bits per heavy atom. The first-order chi connectivity index (χ1) is 3.85. The first-order valence-corrected chi connectivity index (χ1v) is 2.75. The van der Waals surface area contributed by atoms with Gasteiger partial charge in [-0.2, -0.15) is 5.34 Å². The summed E-state index contributed by atoms with van der Waals surface area (Å²) in [6, 6.07) is 0. The lowest BCUT2D eigenvalue weighted by atomic mass is 10.1. The van der Waals surface area contributed by atoms with Crippen molar-refractivity contribution in [2.75, 3.05) is 7.05 Å². The van der Waals surface area contributed by atoms with Gasteiger partial charge >= 0.3 is 0 Å². The summed E-state index contributed by atoms with van der Waals surface area (Å²) in [5, 5.41) is 19.6. The van der Waals surface area contributed by atoms with E-state index in [1.54, 1.807) is 0 Å². The van der Waals surface area contributed by atoms with Gasteiger partial charge in [0.1, 0.15) is 0 Å². The van der Waals surface area contributed by atoms with Crippen LogP contribution < -0.4 is 0 Å². The van der Waals surface area contributed by atoms with E-state index in [1.807, 2.05) is 20.8 Å².